The van der Waals surface area contributed by atoms with Crippen molar-refractivity contribution >= 4 is 5.91 Å². The zero-order valence-corrected chi connectivity index (χ0v) is 60.2. The van der Waals surface area contributed by atoms with Gasteiger partial charge in [-0.2, -0.15) is 0 Å². The maximum Gasteiger partial charge on any atom is 0.220 e. The first kappa shape index (κ1) is 89.1. The third-order valence-corrected chi connectivity index (χ3v) is 18.0. The van der Waals surface area contributed by atoms with Gasteiger partial charge >= 0.3 is 0 Å². The molecule has 19 nitrogen and oxygen atoms in total. The molecule has 3 saturated heterocycles. The molecule has 1 amide bonds. The number of rotatable bonds is 57. The minimum Gasteiger partial charge on any atom is -0.394 e. The monoisotopic (exact) mass is 1400 g/mol. The molecule has 17 atom stereocenters. The highest BCUT2D eigenvalue weighted by Gasteiger charge is 2.53. The molecule has 0 aromatic heterocycles. The number of aliphatic hydroxyl groups excluding tert-OH is 11. The molecular weight excluding hydrogens is 1260 g/mol. The van der Waals surface area contributed by atoms with Gasteiger partial charge in [0.15, 0.2) is 18.9 Å². The van der Waals surface area contributed by atoms with Crippen LogP contribution in [0.25, 0.3) is 0 Å². The minimum atomic E-state index is -1.98. The summed E-state index contributed by atoms with van der Waals surface area (Å²) in [6.45, 7) is 1.65. The number of hydrogen-bond acceptors (Lipinski definition) is 18. The van der Waals surface area contributed by atoms with Crippen LogP contribution in [0.5, 0.6) is 0 Å². The van der Waals surface area contributed by atoms with E-state index in [0.29, 0.717) is 12.8 Å². The maximum absolute atomic E-state index is 13.4. The molecule has 0 bridgehead atoms. The molecule has 19 heteroatoms. The summed E-state index contributed by atoms with van der Waals surface area (Å²) in [6, 6.07) is -0.902. The smallest absolute Gasteiger partial charge is 0.220 e. The number of ether oxygens (including phenoxy) is 6. The molecule has 0 spiro atoms. The molecule has 99 heavy (non-hydrogen) atoms. The standard InChI is InChI=1S/C80H133NO18/c1-3-5-7-9-11-13-15-17-18-19-20-21-22-23-24-25-26-27-28-29-30-31-32-33-34-35-36-37-38-39-40-41-42-43-44-46-48-50-52-54-56-58-68(86)81-63(64(85)57-55-53-51-49-47-45-16-14-12-10-8-6-4-2)62-94-78-74(92)71(89)76(66(60-83)96-78)99-80-75(93)72(90)77(67(61-84)97-80)98-79-73(91)70(88)69(87)65(59-82)95-79/h5,7,11,13,17-18,20-21,23-24,26-27,29-30,32-33,35-36,38-39,41-42,63-67,69-80,82-85,87-93H,3-4,6,8-10,12,14-16,19,22,25,28,31,34,37,40,43-62H2,1-2H3,(H,81,86)/b7-5-,13-11-,18-17-,21-20-,24-23-,27-26-,30-29-,33-32-,36-35-,39-38-,42-41-. The van der Waals surface area contributed by atoms with Crippen LogP contribution in [-0.2, 0) is 33.2 Å². The summed E-state index contributed by atoms with van der Waals surface area (Å²) in [5, 5.41) is 121. The van der Waals surface area contributed by atoms with Gasteiger partial charge in [-0.1, -0.05) is 263 Å². The Morgan fingerprint density at radius 1 is 0.374 bits per heavy atom. The predicted octanol–water partition coefficient (Wildman–Crippen LogP) is 11.7. The van der Waals surface area contributed by atoms with Gasteiger partial charge in [-0.05, 0) is 96.3 Å². The number of aliphatic hydroxyl groups is 11. The van der Waals surface area contributed by atoms with E-state index in [-0.39, 0.29) is 18.9 Å². The highest BCUT2D eigenvalue weighted by molar-refractivity contribution is 5.76. The van der Waals surface area contributed by atoms with Gasteiger partial charge in [0, 0.05) is 6.42 Å². The predicted molar refractivity (Wildman–Crippen MR) is 392 cm³/mol. The molecule has 3 fully saturated rings. The molecule has 3 rings (SSSR count). The maximum atomic E-state index is 13.4. The lowest BCUT2D eigenvalue weighted by molar-refractivity contribution is -0.379. The van der Waals surface area contributed by atoms with Gasteiger partial charge in [0.1, 0.15) is 73.2 Å². The van der Waals surface area contributed by atoms with Crippen molar-refractivity contribution in [3.05, 3.63) is 134 Å². The highest BCUT2D eigenvalue weighted by Crippen LogP contribution is 2.33. The second-order valence-electron chi connectivity index (χ2n) is 26.4. The van der Waals surface area contributed by atoms with Gasteiger partial charge < -0.3 is 89.9 Å². The summed E-state index contributed by atoms with van der Waals surface area (Å²) in [5.41, 5.74) is 0. The van der Waals surface area contributed by atoms with Gasteiger partial charge in [0.25, 0.3) is 0 Å². The van der Waals surface area contributed by atoms with E-state index in [1.165, 1.54) is 57.8 Å². The molecule has 0 aliphatic carbocycles. The van der Waals surface area contributed by atoms with E-state index in [4.69, 9.17) is 28.4 Å². The van der Waals surface area contributed by atoms with E-state index < -0.39 is 124 Å². The van der Waals surface area contributed by atoms with Crippen molar-refractivity contribution in [1.82, 2.24) is 5.32 Å². The van der Waals surface area contributed by atoms with E-state index in [1.54, 1.807) is 0 Å². The number of unbranched alkanes of at least 4 members (excludes halogenated alkanes) is 19. The number of nitrogens with one attached hydrogen (secondary N) is 1. The summed E-state index contributed by atoms with van der Waals surface area (Å²) in [6.07, 6.45) is 56.8. The molecule has 0 saturated carbocycles. The number of hydrogen-bond donors (Lipinski definition) is 12. The first-order valence-electron chi connectivity index (χ1n) is 37.9. The summed E-state index contributed by atoms with van der Waals surface area (Å²) in [7, 11) is 0. The number of amides is 1. The summed E-state index contributed by atoms with van der Waals surface area (Å²) < 4.78 is 34.4. The quantitative estimate of drug-likeness (QED) is 0.0199. The molecule has 0 radical (unpaired) electrons. The number of carbonyl (C=O) groups excluding carboxylic acids is 1. The fraction of sp³-hybridized carbons (Fsp3) is 0.713. The van der Waals surface area contributed by atoms with Crippen LogP contribution < -0.4 is 5.32 Å². The SMILES string of the molecule is CC/C=C\C/C=C\C/C=C\C/C=C\C/C=C\C/C=C\C/C=C\C/C=C\C/C=C\C/C=C\C/C=C\CCCCCCCCCC(=O)NC(COC1OC(CO)C(OC2OC(CO)C(OC3OC(CO)C(O)C(O)C3O)C(O)C2O)C(O)C1O)C(O)CCCCCCCCCCCCCCC. The topological polar surface area (TPSA) is 307 Å². The van der Waals surface area contributed by atoms with Crippen LogP contribution in [0.4, 0.5) is 0 Å². The first-order valence-corrected chi connectivity index (χ1v) is 37.9. The normalized spacial score (nSPS) is 27.4. The van der Waals surface area contributed by atoms with E-state index in [0.717, 1.165) is 141 Å². The van der Waals surface area contributed by atoms with E-state index in [1.807, 2.05) is 0 Å². The third-order valence-electron chi connectivity index (χ3n) is 18.0. The molecule has 3 aliphatic rings. The van der Waals surface area contributed by atoms with E-state index in [9.17, 15) is 61.0 Å². The summed E-state index contributed by atoms with van der Waals surface area (Å²) in [5.74, 6) is -0.260. The zero-order chi connectivity index (χ0) is 71.8. The van der Waals surface area contributed by atoms with Gasteiger partial charge in [0.05, 0.1) is 38.6 Å². The minimum absolute atomic E-state index is 0.245. The van der Waals surface area contributed by atoms with Crippen LogP contribution in [-0.4, -0.2) is 193 Å². The van der Waals surface area contributed by atoms with Crippen molar-refractivity contribution in [3.8, 4) is 0 Å². The van der Waals surface area contributed by atoms with Crippen LogP contribution in [0, 0.1) is 0 Å². The molecular formula is C80H133NO18. The van der Waals surface area contributed by atoms with Gasteiger partial charge in [-0.15, -0.1) is 0 Å². The Kier molecular flexibility index (Phi) is 53.4. The Bertz CT molecular complexity index is 2310. The second kappa shape index (κ2) is 59.3. The molecule has 17 unspecified atom stereocenters. The van der Waals surface area contributed by atoms with Crippen LogP contribution >= 0.6 is 0 Å². The van der Waals surface area contributed by atoms with Gasteiger partial charge in [0.2, 0.25) is 5.91 Å². The number of carbonyl (C=O) groups is 1. The zero-order valence-electron chi connectivity index (χ0n) is 60.2. The Morgan fingerprint density at radius 3 is 1.09 bits per heavy atom. The van der Waals surface area contributed by atoms with E-state index in [2.05, 4.69) is 153 Å². The largest absolute Gasteiger partial charge is 0.394 e. The molecule has 3 heterocycles. The van der Waals surface area contributed by atoms with Gasteiger partial charge in [-0.3, -0.25) is 4.79 Å². The van der Waals surface area contributed by atoms with Crippen molar-refractivity contribution in [2.75, 3.05) is 26.4 Å². The summed E-state index contributed by atoms with van der Waals surface area (Å²) in [4.78, 5) is 13.4. The average molecular weight is 1400 g/mol. The Morgan fingerprint density at radius 2 is 0.697 bits per heavy atom. The molecule has 566 valence electrons. The van der Waals surface area contributed by atoms with Crippen LogP contribution in [0.2, 0.25) is 0 Å². The average Bonchev–Trinajstić information content (AvgIpc) is 0.785. The molecule has 12 N–H and O–H groups in total. The van der Waals surface area contributed by atoms with E-state index >= 15 is 0 Å². The Balaban J connectivity index is 1.33. The van der Waals surface area contributed by atoms with Crippen LogP contribution in [0.1, 0.15) is 232 Å². The Hall–Kier alpha value is -4.07. The lowest BCUT2D eigenvalue weighted by Gasteiger charge is -2.48. The van der Waals surface area contributed by atoms with Crippen molar-refractivity contribution < 1.29 is 89.4 Å². The lowest BCUT2D eigenvalue weighted by atomic mass is 9.96. The van der Waals surface area contributed by atoms with Crippen LogP contribution in [0.15, 0.2) is 134 Å². The third kappa shape index (κ3) is 40.0. The van der Waals surface area contributed by atoms with Gasteiger partial charge in [-0.25, -0.2) is 0 Å². The van der Waals surface area contributed by atoms with Crippen molar-refractivity contribution in [2.45, 2.75) is 336 Å². The lowest BCUT2D eigenvalue weighted by Crippen LogP contribution is -2.66. The highest BCUT2D eigenvalue weighted by atomic mass is 16.8. The fourth-order valence-electron chi connectivity index (χ4n) is 11.9. The first-order chi connectivity index (χ1) is 48.3. The second-order valence-corrected chi connectivity index (χ2v) is 26.4. The molecule has 0 aromatic rings. The van der Waals surface area contributed by atoms with Crippen LogP contribution in [0.3, 0.4) is 0 Å². The van der Waals surface area contributed by atoms with Crippen molar-refractivity contribution in [3.63, 3.8) is 0 Å². The Labute approximate surface area is 594 Å². The fourth-order valence-corrected chi connectivity index (χ4v) is 11.9. The van der Waals surface area contributed by atoms with Crippen molar-refractivity contribution in [1.29, 1.82) is 0 Å². The van der Waals surface area contributed by atoms with Crippen molar-refractivity contribution in [2.24, 2.45) is 0 Å². The molecule has 3 aliphatic heterocycles. The summed E-state index contributed by atoms with van der Waals surface area (Å²) >= 11 is 0. The number of allylic oxidation sites excluding steroid dienone is 22. The molecule has 0 aromatic carbocycles.